The number of halogens is 2. The van der Waals surface area contributed by atoms with Crippen molar-refractivity contribution in [2.45, 2.75) is 105 Å². The van der Waals surface area contributed by atoms with Gasteiger partial charge in [-0.05, 0) is 92.4 Å². The van der Waals surface area contributed by atoms with Crippen molar-refractivity contribution < 1.29 is 8.78 Å². The normalized spacial score (nSPS) is 13.0. The van der Waals surface area contributed by atoms with Gasteiger partial charge >= 0.3 is 0 Å². The van der Waals surface area contributed by atoms with Crippen LogP contribution in [0.3, 0.4) is 0 Å². The van der Waals surface area contributed by atoms with Crippen LogP contribution in [-0.2, 0) is 21.7 Å². The average Bonchev–Trinajstić information content (AvgIpc) is 3.64. The van der Waals surface area contributed by atoms with E-state index >= 15 is 8.78 Å². The SMILES string of the molecule is CC(C)(C)c1ccc2c3ccc(C(C)(C)C)cc3n(-c3cc(-c4c(F)cccc4F)c(-n4c5cc(C(C)(C)C)ccc5c5ccc(C(C)(C)C)cc54)cc3C#N)c2c1. The molecule has 2 aromatic heterocycles. The molecule has 8 aromatic rings. The first-order chi connectivity index (χ1) is 27.1. The fourth-order valence-electron chi connectivity index (χ4n) is 8.41. The molecule has 0 N–H and O–H groups in total. The molecule has 0 atom stereocenters. The van der Waals surface area contributed by atoms with Gasteiger partial charge in [-0.1, -0.05) is 138 Å². The van der Waals surface area contributed by atoms with Gasteiger partial charge in [0.2, 0.25) is 0 Å². The maximum absolute atomic E-state index is 16.4. The van der Waals surface area contributed by atoms with Gasteiger partial charge < -0.3 is 9.13 Å². The van der Waals surface area contributed by atoms with Gasteiger partial charge in [-0.25, -0.2) is 8.78 Å². The second kappa shape index (κ2) is 13.1. The number of aromatic nitrogens is 2. The first-order valence-electron chi connectivity index (χ1n) is 20.3. The van der Waals surface area contributed by atoms with Crippen molar-refractivity contribution in [3.05, 3.63) is 143 Å². The van der Waals surface area contributed by atoms with Crippen LogP contribution in [0.4, 0.5) is 8.78 Å². The standard InChI is InChI=1S/C53H53F2N3/c1-50(2,3)32-16-20-36-37-21-17-33(51(4,5)6)26-46(37)57(45(36)25-32)43-29-40(49-41(54)14-13-15-42(49)55)44(24-31(43)30-56)58-47-27-34(52(7,8)9)18-22-38(47)39-23-19-35(28-48(39)58)53(10,11)12/h13-29H,1-12H3. The number of hydrogen-bond donors (Lipinski definition) is 0. The molecule has 0 saturated carbocycles. The smallest absolute Gasteiger partial charge is 0.134 e. The molecular weight excluding hydrogens is 717 g/mol. The predicted octanol–water partition coefficient (Wildman–Crippen LogP) is 14.9. The van der Waals surface area contributed by atoms with Gasteiger partial charge in [-0.15, -0.1) is 0 Å². The van der Waals surface area contributed by atoms with Crippen molar-refractivity contribution in [3.8, 4) is 28.6 Å². The van der Waals surface area contributed by atoms with Crippen LogP contribution >= 0.6 is 0 Å². The summed E-state index contributed by atoms with van der Waals surface area (Å²) in [4.78, 5) is 0. The van der Waals surface area contributed by atoms with Crippen LogP contribution in [0.5, 0.6) is 0 Å². The molecule has 5 heteroatoms. The number of benzene rings is 6. The van der Waals surface area contributed by atoms with E-state index in [1.807, 2.05) is 12.1 Å². The molecule has 0 aliphatic carbocycles. The maximum Gasteiger partial charge on any atom is 0.134 e. The van der Waals surface area contributed by atoms with Crippen molar-refractivity contribution in [1.29, 1.82) is 5.26 Å². The third-order valence-corrected chi connectivity index (χ3v) is 11.9. The Labute approximate surface area is 341 Å². The zero-order valence-electron chi connectivity index (χ0n) is 35.9. The van der Waals surface area contributed by atoms with Crippen LogP contribution in [0.25, 0.3) is 66.1 Å². The summed E-state index contributed by atoms with van der Waals surface area (Å²) in [6.45, 7) is 26.2. The average molecular weight is 770 g/mol. The fourth-order valence-corrected chi connectivity index (χ4v) is 8.41. The summed E-state index contributed by atoms with van der Waals surface area (Å²) < 4.78 is 37.1. The third kappa shape index (κ3) is 6.38. The molecule has 0 unspecified atom stereocenters. The van der Waals surface area contributed by atoms with Crippen molar-refractivity contribution in [2.75, 3.05) is 0 Å². The van der Waals surface area contributed by atoms with Gasteiger partial charge in [0, 0.05) is 27.1 Å². The highest BCUT2D eigenvalue weighted by atomic mass is 19.1. The number of rotatable bonds is 3. The van der Waals surface area contributed by atoms with E-state index in [0.717, 1.165) is 65.9 Å². The summed E-state index contributed by atoms with van der Waals surface area (Å²) in [5.41, 5.74) is 9.31. The van der Waals surface area contributed by atoms with E-state index in [0.29, 0.717) is 22.5 Å². The minimum absolute atomic E-state index is 0.135. The van der Waals surface area contributed by atoms with Crippen LogP contribution in [0.15, 0.2) is 103 Å². The Morgan fingerprint density at radius 1 is 0.431 bits per heavy atom. The molecule has 3 nitrogen and oxygen atoms in total. The predicted molar refractivity (Wildman–Crippen MR) is 240 cm³/mol. The van der Waals surface area contributed by atoms with Gasteiger partial charge in [0.15, 0.2) is 0 Å². The molecule has 0 spiro atoms. The lowest BCUT2D eigenvalue weighted by molar-refractivity contribution is 0.589. The van der Waals surface area contributed by atoms with E-state index in [1.165, 1.54) is 18.2 Å². The highest BCUT2D eigenvalue weighted by Crippen LogP contribution is 2.44. The summed E-state index contributed by atoms with van der Waals surface area (Å²) in [6, 6.07) is 36.4. The zero-order chi connectivity index (χ0) is 41.9. The monoisotopic (exact) mass is 769 g/mol. The van der Waals surface area contributed by atoms with E-state index < -0.39 is 11.6 Å². The van der Waals surface area contributed by atoms with E-state index in [1.54, 1.807) is 0 Å². The fraction of sp³-hybridized carbons (Fsp3) is 0.302. The van der Waals surface area contributed by atoms with Crippen molar-refractivity contribution >= 4 is 43.6 Å². The van der Waals surface area contributed by atoms with Gasteiger partial charge in [0.1, 0.15) is 17.7 Å². The van der Waals surface area contributed by atoms with Gasteiger partial charge in [-0.2, -0.15) is 5.26 Å². The molecular formula is C53H53F2N3. The van der Waals surface area contributed by atoms with E-state index in [-0.39, 0.29) is 27.2 Å². The molecule has 0 aliphatic heterocycles. The summed E-state index contributed by atoms with van der Waals surface area (Å²) in [7, 11) is 0. The molecule has 0 bridgehead atoms. The second-order valence-corrected chi connectivity index (χ2v) is 20.2. The van der Waals surface area contributed by atoms with Crippen LogP contribution in [-0.4, -0.2) is 9.13 Å². The number of nitrogens with zero attached hydrogens (tertiary/aromatic N) is 3. The first kappa shape index (κ1) is 39.1. The van der Waals surface area contributed by atoms with E-state index in [2.05, 4.69) is 171 Å². The molecule has 6 aromatic carbocycles. The molecule has 294 valence electrons. The highest BCUT2D eigenvalue weighted by molar-refractivity contribution is 6.12. The summed E-state index contributed by atoms with van der Waals surface area (Å²) in [6.07, 6.45) is 0. The van der Waals surface area contributed by atoms with Crippen molar-refractivity contribution in [2.24, 2.45) is 0 Å². The molecule has 8 rings (SSSR count). The Bertz CT molecular complexity index is 2850. The topological polar surface area (TPSA) is 33.6 Å². The van der Waals surface area contributed by atoms with E-state index in [4.69, 9.17) is 0 Å². The molecule has 0 saturated heterocycles. The Hall–Kier alpha value is -5.73. The quantitative estimate of drug-likeness (QED) is 0.176. The lowest BCUT2D eigenvalue weighted by atomic mass is 9.86. The van der Waals surface area contributed by atoms with Crippen LogP contribution in [0, 0.1) is 23.0 Å². The largest absolute Gasteiger partial charge is 0.309 e. The van der Waals surface area contributed by atoms with Gasteiger partial charge in [0.05, 0.1) is 44.6 Å². The van der Waals surface area contributed by atoms with Crippen LogP contribution in [0.1, 0.15) is 111 Å². The molecule has 2 heterocycles. The lowest BCUT2D eigenvalue weighted by Crippen LogP contribution is -2.12. The number of nitriles is 1. The van der Waals surface area contributed by atoms with Crippen molar-refractivity contribution in [1.82, 2.24) is 9.13 Å². The first-order valence-corrected chi connectivity index (χ1v) is 20.3. The summed E-state index contributed by atoms with van der Waals surface area (Å²) in [5.74, 6) is -1.34. The molecule has 0 amide bonds. The Morgan fingerprint density at radius 3 is 1.07 bits per heavy atom. The zero-order valence-corrected chi connectivity index (χ0v) is 35.9. The Morgan fingerprint density at radius 2 is 0.759 bits per heavy atom. The van der Waals surface area contributed by atoms with Crippen LogP contribution in [0.2, 0.25) is 0 Å². The minimum atomic E-state index is -0.671. The lowest BCUT2D eigenvalue weighted by Gasteiger charge is -2.23. The van der Waals surface area contributed by atoms with Crippen molar-refractivity contribution in [3.63, 3.8) is 0 Å². The van der Waals surface area contributed by atoms with Gasteiger partial charge in [-0.3, -0.25) is 0 Å². The molecule has 0 radical (unpaired) electrons. The minimum Gasteiger partial charge on any atom is -0.309 e. The maximum atomic E-state index is 16.4. The number of fused-ring (bicyclic) bond motifs is 6. The van der Waals surface area contributed by atoms with Crippen LogP contribution < -0.4 is 0 Å². The summed E-state index contributed by atoms with van der Waals surface area (Å²) in [5, 5.41) is 15.4. The molecule has 0 fully saturated rings. The summed E-state index contributed by atoms with van der Waals surface area (Å²) >= 11 is 0. The number of hydrogen-bond acceptors (Lipinski definition) is 1. The third-order valence-electron chi connectivity index (χ3n) is 11.9. The second-order valence-electron chi connectivity index (χ2n) is 20.2. The molecule has 58 heavy (non-hydrogen) atoms. The Balaban J connectivity index is 1.59. The Kier molecular flexibility index (Phi) is 8.87. The highest BCUT2D eigenvalue weighted by Gasteiger charge is 2.28. The van der Waals surface area contributed by atoms with Gasteiger partial charge in [0.25, 0.3) is 0 Å². The van der Waals surface area contributed by atoms with E-state index in [9.17, 15) is 5.26 Å². The molecule has 0 aliphatic rings.